The summed E-state index contributed by atoms with van der Waals surface area (Å²) >= 11 is 0. The number of hydrogen-bond donors (Lipinski definition) is 0. The molecule has 4 nitrogen and oxygen atoms in total. The van der Waals surface area contributed by atoms with E-state index in [1.165, 1.54) is 7.11 Å². The maximum absolute atomic E-state index is 12.2. The van der Waals surface area contributed by atoms with Crippen molar-refractivity contribution in [2.75, 3.05) is 13.7 Å². The van der Waals surface area contributed by atoms with Gasteiger partial charge in [-0.1, -0.05) is 6.07 Å². The molecule has 19 heavy (non-hydrogen) atoms. The topological polar surface area (TPSA) is 52.6 Å². The Morgan fingerprint density at radius 1 is 1.16 bits per heavy atom. The number of methoxy groups -OCH3 is 1. The third kappa shape index (κ3) is 4.09. The van der Waals surface area contributed by atoms with E-state index in [-0.39, 0.29) is 24.6 Å². The average molecular weight is 264 g/mol. The zero-order valence-electron chi connectivity index (χ0n) is 11.9. The maximum Gasteiger partial charge on any atom is 0.305 e. The summed E-state index contributed by atoms with van der Waals surface area (Å²) in [4.78, 5) is 23.3. The van der Waals surface area contributed by atoms with E-state index in [1.807, 2.05) is 26.8 Å². The van der Waals surface area contributed by atoms with Gasteiger partial charge in [-0.3, -0.25) is 9.59 Å². The molecular formula is C15H20O4. The molecule has 0 bridgehead atoms. The average Bonchev–Trinajstić information content (AvgIpc) is 2.38. The molecule has 0 amide bonds. The molecule has 0 spiro atoms. The van der Waals surface area contributed by atoms with E-state index in [2.05, 4.69) is 4.74 Å². The van der Waals surface area contributed by atoms with E-state index < -0.39 is 0 Å². The van der Waals surface area contributed by atoms with Crippen molar-refractivity contribution < 1.29 is 19.1 Å². The molecule has 0 radical (unpaired) electrons. The Morgan fingerprint density at radius 2 is 1.84 bits per heavy atom. The zero-order valence-corrected chi connectivity index (χ0v) is 11.9. The van der Waals surface area contributed by atoms with Gasteiger partial charge in [-0.05, 0) is 38.0 Å². The van der Waals surface area contributed by atoms with Gasteiger partial charge >= 0.3 is 5.97 Å². The minimum atomic E-state index is -0.379. The molecule has 1 aromatic carbocycles. The fraction of sp³-hybridized carbons (Fsp3) is 0.467. The van der Waals surface area contributed by atoms with Crippen LogP contribution in [0, 0.1) is 13.8 Å². The lowest BCUT2D eigenvalue weighted by Crippen LogP contribution is -2.09. The van der Waals surface area contributed by atoms with Crippen LogP contribution in [0.4, 0.5) is 0 Å². The number of ketones is 1. The predicted molar refractivity (Wildman–Crippen MR) is 72.7 cm³/mol. The highest BCUT2D eigenvalue weighted by atomic mass is 16.5. The van der Waals surface area contributed by atoms with Gasteiger partial charge in [0, 0.05) is 6.42 Å². The van der Waals surface area contributed by atoms with Gasteiger partial charge in [0.05, 0.1) is 25.7 Å². The van der Waals surface area contributed by atoms with Gasteiger partial charge in [0.2, 0.25) is 0 Å². The summed E-state index contributed by atoms with van der Waals surface area (Å²) in [7, 11) is 1.31. The second-order valence-corrected chi connectivity index (χ2v) is 4.39. The van der Waals surface area contributed by atoms with Crippen molar-refractivity contribution in [1.82, 2.24) is 0 Å². The summed E-state index contributed by atoms with van der Waals surface area (Å²) in [5.41, 5.74) is 2.48. The summed E-state index contributed by atoms with van der Waals surface area (Å²) in [5, 5.41) is 0. The third-order valence-corrected chi connectivity index (χ3v) is 2.79. The Kier molecular flexibility index (Phi) is 5.55. The Balaban J connectivity index is 2.97. The minimum Gasteiger partial charge on any atom is -0.493 e. The van der Waals surface area contributed by atoms with E-state index in [9.17, 15) is 9.59 Å². The van der Waals surface area contributed by atoms with Gasteiger partial charge in [0.1, 0.15) is 5.75 Å². The van der Waals surface area contributed by atoms with Crippen LogP contribution in [-0.4, -0.2) is 25.5 Å². The largest absolute Gasteiger partial charge is 0.493 e. The van der Waals surface area contributed by atoms with Gasteiger partial charge in [-0.2, -0.15) is 0 Å². The number of benzene rings is 1. The molecule has 0 aliphatic rings. The van der Waals surface area contributed by atoms with Crippen molar-refractivity contribution in [2.45, 2.75) is 33.6 Å². The van der Waals surface area contributed by atoms with Crippen molar-refractivity contribution in [3.05, 3.63) is 28.8 Å². The molecule has 0 heterocycles. The molecule has 0 fully saturated rings. The minimum absolute atomic E-state index is 0.0912. The standard InChI is InChI=1S/C15H20O4/c1-5-19-15-11(3)8-10(2)9-12(15)13(16)6-7-14(17)18-4/h8-9H,5-7H2,1-4H3. The van der Waals surface area contributed by atoms with Crippen molar-refractivity contribution >= 4 is 11.8 Å². The first-order chi connectivity index (χ1) is 8.99. The van der Waals surface area contributed by atoms with E-state index in [0.717, 1.165) is 11.1 Å². The van der Waals surface area contributed by atoms with Crippen LogP contribution in [-0.2, 0) is 9.53 Å². The van der Waals surface area contributed by atoms with Crippen molar-refractivity contribution in [3.8, 4) is 5.75 Å². The molecule has 0 atom stereocenters. The molecular weight excluding hydrogens is 244 g/mol. The van der Waals surface area contributed by atoms with Crippen molar-refractivity contribution in [2.24, 2.45) is 0 Å². The first kappa shape index (κ1) is 15.2. The third-order valence-electron chi connectivity index (χ3n) is 2.79. The summed E-state index contributed by atoms with van der Waals surface area (Å²) in [6, 6.07) is 3.78. The Labute approximate surface area is 113 Å². The van der Waals surface area contributed by atoms with E-state index in [1.54, 1.807) is 6.07 Å². The van der Waals surface area contributed by atoms with Crippen molar-refractivity contribution in [3.63, 3.8) is 0 Å². The maximum atomic E-state index is 12.2. The molecule has 0 saturated heterocycles. The van der Waals surface area contributed by atoms with Crippen LogP contribution in [0.2, 0.25) is 0 Å². The monoisotopic (exact) mass is 264 g/mol. The molecule has 1 aromatic rings. The first-order valence-electron chi connectivity index (χ1n) is 6.33. The van der Waals surface area contributed by atoms with Crippen LogP contribution in [0.15, 0.2) is 12.1 Å². The molecule has 0 unspecified atom stereocenters. The number of rotatable bonds is 6. The molecule has 0 aliphatic heterocycles. The lowest BCUT2D eigenvalue weighted by Gasteiger charge is -2.13. The van der Waals surface area contributed by atoms with E-state index in [4.69, 9.17) is 4.74 Å². The zero-order chi connectivity index (χ0) is 14.4. The number of Topliss-reactive ketones (excluding diaryl/α,β-unsaturated/α-hetero) is 1. The molecule has 0 aromatic heterocycles. The number of carbonyl (C=O) groups excluding carboxylic acids is 2. The summed E-state index contributed by atoms with van der Waals surface area (Å²) < 4.78 is 10.1. The summed E-state index contributed by atoms with van der Waals surface area (Å²) in [5.74, 6) is 0.138. The van der Waals surface area contributed by atoms with Crippen LogP contribution in [0.5, 0.6) is 5.75 Å². The second kappa shape index (κ2) is 6.92. The molecule has 0 N–H and O–H groups in total. The summed E-state index contributed by atoms with van der Waals surface area (Å²) in [6.07, 6.45) is 0.226. The van der Waals surface area contributed by atoms with Gasteiger partial charge < -0.3 is 9.47 Å². The highest BCUT2D eigenvalue weighted by molar-refractivity contribution is 6.00. The van der Waals surface area contributed by atoms with Crippen LogP contribution in [0.3, 0.4) is 0 Å². The van der Waals surface area contributed by atoms with Crippen LogP contribution >= 0.6 is 0 Å². The SMILES string of the molecule is CCOc1c(C)cc(C)cc1C(=O)CCC(=O)OC. The number of carbonyl (C=O) groups is 2. The van der Waals surface area contributed by atoms with Gasteiger partial charge in [0.25, 0.3) is 0 Å². The Bertz CT molecular complexity index is 477. The van der Waals surface area contributed by atoms with E-state index >= 15 is 0 Å². The van der Waals surface area contributed by atoms with Gasteiger partial charge in [0.15, 0.2) is 5.78 Å². The lowest BCUT2D eigenvalue weighted by atomic mass is 10.00. The summed E-state index contributed by atoms with van der Waals surface area (Å²) in [6.45, 7) is 6.22. The van der Waals surface area contributed by atoms with Crippen molar-refractivity contribution in [1.29, 1.82) is 0 Å². The van der Waals surface area contributed by atoms with Crippen LogP contribution < -0.4 is 4.74 Å². The smallest absolute Gasteiger partial charge is 0.305 e. The molecule has 0 aliphatic carbocycles. The Hall–Kier alpha value is -1.84. The number of ether oxygens (including phenoxy) is 2. The first-order valence-corrected chi connectivity index (χ1v) is 6.33. The van der Waals surface area contributed by atoms with E-state index in [0.29, 0.717) is 17.9 Å². The molecule has 104 valence electrons. The van der Waals surface area contributed by atoms with Crippen LogP contribution in [0.1, 0.15) is 41.3 Å². The predicted octanol–water partition coefficient (Wildman–Crippen LogP) is 2.84. The fourth-order valence-corrected chi connectivity index (χ4v) is 1.95. The lowest BCUT2D eigenvalue weighted by molar-refractivity contribution is -0.140. The highest BCUT2D eigenvalue weighted by Gasteiger charge is 2.16. The van der Waals surface area contributed by atoms with Gasteiger partial charge in [-0.15, -0.1) is 0 Å². The molecule has 4 heteroatoms. The van der Waals surface area contributed by atoms with Gasteiger partial charge in [-0.25, -0.2) is 0 Å². The number of hydrogen-bond acceptors (Lipinski definition) is 4. The number of esters is 1. The normalized spacial score (nSPS) is 10.1. The Morgan fingerprint density at radius 3 is 2.42 bits per heavy atom. The highest BCUT2D eigenvalue weighted by Crippen LogP contribution is 2.27. The van der Waals surface area contributed by atoms with Crippen LogP contribution in [0.25, 0.3) is 0 Å². The molecule has 1 rings (SSSR count). The number of aryl methyl sites for hydroxylation is 2. The molecule has 0 saturated carbocycles. The second-order valence-electron chi connectivity index (χ2n) is 4.39. The fourth-order valence-electron chi connectivity index (χ4n) is 1.95. The quantitative estimate of drug-likeness (QED) is 0.585.